The predicted octanol–water partition coefficient (Wildman–Crippen LogP) is 4.02. The van der Waals surface area contributed by atoms with Crippen LogP contribution in [0.25, 0.3) is 0 Å². The first-order valence-corrected chi connectivity index (χ1v) is 8.23. The lowest BCUT2D eigenvalue weighted by Gasteiger charge is -2.37. The van der Waals surface area contributed by atoms with Crippen LogP contribution < -0.4 is 5.32 Å². The van der Waals surface area contributed by atoms with E-state index in [0.717, 1.165) is 22.9 Å². The topological polar surface area (TPSA) is 32.3 Å². The lowest BCUT2D eigenvalue weighted by Crippen LogP contribution is -2.41. The average Bonchev–Trinajstić information content (AvgIpc) is 2.48. The quantitative estimate of drug-likeness (QED) is 0.857. The molecule has 0 radical (unpaired) electrons. The van der Waals surface area contributed by atoms with E-state index < -0.39 is 6.10 Å². The molecule has 2 aromatic carbocycles. The Bertz CT molecular complexity index is 564. The van der Waals surface area contributed by atoms with Crippen LogP contribution in [0.5, 0.6) is 0 Å². The van der Waals surface area contributed by atoms with Crippen molar-refractivity contribution in [2.45, 2.75) is 30.9 Å². The Kier molecular flexibility index (Phi) is 4.73. The number of benzene rings is 2. The van der Waals surface area contributed by atoms with Crippen molar-refractivity contribution < 1.29 is 5.11 Å². The number of halogens is 1. The van der Waals surface area contributed by atoms with Crippen LogP contribution >= 0.6 is 15.9 Å². The van der Waals surface area contributed by atoms with Crippen molar-refractivity contribution in [3.8, 4) is 0 Å². The molecule has 0 aromatic heterocycles. The van der Waals surface area contributed by atoms with Gasteiger partial charge >= 0.3 is 0 Å². The number of aliphatic hydroxyl groups excluding tert-OH is 1. The van der Waals surface area contributed by atoms with E-state index in [2.05, 4.69) is 45.5 Å². The Balaban J connectivity index is 1.44. The van der Waals surface area contributed by atoms with Crippen molar-refractivity contribution in [2.75, 3.05) is 6.54 Å². The van der Waals surface area contributed by atoms with Gasteiger partial charge in [0.15, 0.2) is 0 Å². The number of rotatable bonds is 5. The average molecular weight is 346 g/mol. The zero-order valence-corrected chi connectivity index (χ0v) is 13.5. The SMILES string of the molecule is OC(CNC1CC(c2ccc(Br)cc2)C1)c1ccccc1. The molecular formula is C18H20BrNO. The molecule has 110 valence electrons. The molecule has 2 N–H and O–H groups in total. The maximum absolute atomic E-state index is 10.1. The highest BCUT2D eigenvalue weighted by molar-refractivity contribution is 9.10. The largest absolute Gasteiger partial charge is 0.387 e. The molecule has 0 bridgehead atoms. The zero-order chi connectivity index (χ0) is 14.7. The lowest BCUT2D eigenvalue weighted by atomic mass is 9.76. The van der Waals surface area contributed by atoms with Crippen LogP contribution in [0.2, 0.25) is 0 Å². The summed E-state index contributed by atoms with van der Waals surface area (Å²) in [4.78, 5) is 0. The fourth-order valence-electron chi connectivity index (χ4n) is 2.86. The van der Waals surface area contributed by atoms with Gasteiger partial charge in [-0.3, -0.25) is 0 Å². The third-order valence-corrected chi connectivity index (χ3v) is 4.79. The molecule has 1 saturated carbocycles. The molecule has 2 nitrogen and oxygen atoms in total. The Hall–Kier alpha value is -1.16. The number of nitrogens with one attached hydrogen (secondary N) is 1. The monoisotopic (exact) mass is 345 g/mol. The van der Waals surface area contributed by atoms with Gasteiger partial charge in [-0.05, 0) is 42.0 Å². The van der Waals surface area contributed by atoms with E-state index in [1.54, 1.807) is 0 Å². The van der Waals surface area contributed by atoms with Gasteiger partial charge in [0.2, 0.25) is 0 Å². The summed E-state index contributed by atoms with van der Waals surface area (Å²) in [5, 5.41) is 13.6. The molecule has 1 aliphatic rings. The van der Waals surface area contributed by atoms with E-state index in [0.29, 0.717) is 18.5 Å². The first-order chi connectivity index (χ1) is 10.2. The summed E-state index contributed by atoms with van der Waals surface area (Å²) in [5.74, 6) is 0.657. The third-order valence-electron chi connectivity index (χ3n) is 4.26. The third kappa shape index (κ3) is 3.73. The minimum Gasteiger partial charge on any atom is -0.387 e. The second-order valence-electron chi connectivity index (χ2n) is 5.75. The summed E-state index contributed by atoms with van der Waals surface area (Å²) in [7, 11) is 0. The lowest BCUT2D eigenvalue weighted by molar-refractivity contribution is 0.157. The molecule has 0 amide bonds. The molecule has 3 rings (SSSR count). The summed E-state index contributed by atoms with van der Waals surface area (Å²) >= 11 is 3.47. The minimum absolute atomic E-state index is 0.419. The zero-order valence-electron chi connectivity index (χ0n) is 11.9. The van der Waals surface area contributed by atoms with Crippen LogP contribution in [-0.4, -0.2) is 17.7 Å². The maximum Gasteiger partial charge on any atom is 0.0914 e. The molecule has 3 heteroatoms. The summed E-state index contributed by atoms with van der Waals surface area (Å²) in [6, 6.07) is 19.0. The summed E-state index contributed by atoms with van der Waals surface area (Å²) < 4.78 is 1.13. The van der Waals surface area contributed by atoms with Crippen LogP contribution in [0, 0.1) is 0 Å². The summed E-state index contributed by atoms with van der Waals surface area (Å²) in [6.45, 7) is 0.627. The molecule has 1 fully saturated rings. The fourth-order valence-corrected chi connectivity index (χ4v) is 3.13. The van der Waals surface area contributed by atoms with Gasteiger partial charge in [-0.25, -0.2) is 0 Å². The molecule has 1 aliphatic carbocycles. The molecule has 1 unspecified atom stereocenters. The normalized spacial score (nSPS) is 22.6. The number of hydrogen-bond acceptors (Lipinski definition) is 2. The molecule has 0 heterocycles. The first-order valence-electron chi connectivity index (χ1n) is 7.44. The van der Waals surface area contributed by atoms with E-state index in [-0.39, 0.29) is 0 Å². The standard InChI is InChI=1S/C18H20BrNO/c19-16-8-6-13(7-9-16)15-10-17(11-15)20-12-18(21)14-4-2-1-3-5-14/h1-9,15,17-18,20-21H,10-12H2. The van der Waals surface area contributed by atoms with Gasteiger partial charge in [-0.15, -0.1) is 0 Å². The fraction of sp³-hybridized carbons (Fsp3) is 0.333. The van der Waals surface area contributed by atoms with E-state index in [4.69, 9.17) is 0 Å². The first kappa shape index (κ1) is 14.8. The van der Waals surface area contributed by atoms with Crippen molar-refractivity contribution in [1.82, 2.24) is 5.32 Å². The second kappa shape index (κ2) is 6.73. The summed E-state index contributed by atoms with van der Waals surface area (Å²) in [6.07, 6.45) is 1.89. The Morgan fingerprint density at radius 2 is 1.71 bits per heavy atom. The summed E-state index contributed by atoms with van der Waals surface area (Å²) in [5.41, 5.74) is 2.40. The van der Waals surface area contributed by atoms with Crippen molar-refractivity contribution in [1.29, 1.82) is 0 Å². The highest BCUT2D eigenvalue weighted by Crippen LogP contribution is 2.37. The molecule has 21 heavy (non-hydrogen) atoms. The van der Waals surface area contributed by atoms with E-state index in [9.17, 15) is 5.11 Å². The van der Waals surface area contributed by atoms with E-state index in [1.165, 1.54) is 5.56 Å². The molecular weight excluding hydrogens is 326 g/mol. The number of aliphatic hydroxyl groups is 1. The smallest absolute Gasteiger partial charge is 0.0914 e. The molecule has 0 spiro atoms. The van der Waals surface area contributed by atoms with Crippen molar-refractivity contribution in [2.24, 2.45) is 0 Å². The second-order valence-corrected chi connectivity index (χ2v) is 6.67. The van der Waals surface area contributed by atoms with E-state index in [1.807, 2.05) is 30.3 Å². The van der Waals surface area contributed by atoms with Gasteiger partial charge in [0.1, 0.15) is 0 Å². The molecule has 2 aromatic rings. The van der Waals surface area contributed by atoms with Gasteiger partial charge in [-0.1, -0.05) is 58.4 Å². The van der Waals surface area contributed by atoms with Crippen molar-refractivity contribution in [3.05, 3.63) is 70.2 Å². The van der Waals surface area contributed by atoms with Crippen LogP contribution in [0.1, 0.15) is 36.0 Å². The van der Waals surface area contributed by atoms with Crippen LogP contribution in [0.15, 0.2) is 59.1 Å². The Morgan fingerprint density at radius 3 is 2.38 bits per heavy atom. The minimum atomic E-state index is -0.419. The van der Waals surface area contributed by atoms with Crippen molar-refractivity contribution >= 4 is 15.9 Å². The Labute approximate surface area is 134 Å². The van der Waals surface area contributed by atoms with Gasteiger partial charge in [0.05, 0.1) is 6.10 Å². The van der Waals surface area contributed by atoms with Gasteiger partial charge in [0, 0.05) is 17.1 Å². The van der Waals surface area contributed by atoms with E-state index >= 15 is 0 Å². The molecule has 0 aliphatic heterocycles. The van der Waals surface area contributed by atoms with Crippen LogP contribution in [0.3, 0.4) is 0 Å². The molecule has 0 saturated heterocycles. The predicted molar refractivity (Wildman–Crippen MR) is 89.3 cm³/mol. The van der Waals surface area contributed by atoms with Gasteiger partial charge in [0.25, 0.3) is 0 Å². The van der Waals surface area contributed by atoms with Gasteiger partial charge in [-0.2, -0.15) is 0 Å². The highest BCUT2D eigenvalue weighted by Gasteiger charge is 2.30. The highest BCUT2D eigenvalue weighted by atomic mass is 79.9. The van der Waals surface area contributed by atoms with Crippen LogP contribution in [-0.2, 0) is 0 Å². The van der Waals surface area contributed by atoms with Crippen molar-refractivity contribution in [3.63, 3.8) is 0 Å². The number of hydrogen-bond donors (Lipinski definition) is 2. The molecule has 1 atom stereocenters. The Morgan fingerprint density at radius 1 is 1.05 bits per heavy atom. The van der Waals surface area contributed by atoms with Crippen LogP contribution in [0.4, 0.5) is 0 Å². The van der Waals surface area contributed by atoms with Gasteiger partial charge < -0.3 is 10.4 Å². The maximum atomic E-state index is 10.1.